The van der Waals surface area contributed by atoms with Gasteiger partial charge in [-0.2, -0.15) is 0 Å². The molecule has 4 heteroatoms. The molecule has 0 saturated heterocycles. The minimum absolute atomic E-state index is 0.109. The molecular formula is C24H27NO3. The molecule has 3 aromatic rings. The predicted molar refractivity (Wildman–Crippen MR) is 113 cm³/mol. The molecule has 1 heterocycles. The first kappa shape index (κ1) is 19.9. The van der Waals surface area contributed by atoms with Crippen LogP contribution in [0.5, 0.6) is 5.75 Å². The van der Waals surface area contributed by atoms with Crippen LogP contribution in [0.1, 0.15) is 57.8 Å². The second-order valence-corrected chi connectivity index (χ2v) is 7.30. The molecule has 28 heavy (non-hydrogen) atoms. The molecule has 0 bridgehead atoms. The Kier molecular flexibility index (Phi) is 5.68. The van der Waals surface area contributed by atoms with Gasteiger partial charge in [-0.25, -0.2) is 0 Å². The van der Waals surface area contributed by atoms with Gasteiger partial charge in [-0.05, 0) is 73.5 Å². The summed E-state index contributed by atoms with van der Waals surface area (Å²) in [5.74, 6) is 0.935. The number of nitrogens with one attached hydrogen (secondary N) is 1. The van der Waals surface area contributed by atoms with Gasteiger partial charge in [-0.1, -0.05) is 32.0 Å². The van der Waals surface area contributed by atoms with Crippen molar-refractivity contribution >= 4 is 16.7 Å². The molecule has 1 unspecified atom stereocenters. The Morgan fingerprint density at radius 2 is 1.82 bits per heavy atom. The number of ketones is 1. The van der Waals surface area contributed by atoms with E-state index in [-0.39, 0.29) is 17.4 Å². The number of aromatic nitrogens is 1. The monoisotopic (exact) mass is 377 g/mol. The molecule has 1 atom stereocenters. The lowest BCUT2D eigenvalue weighted by molar-refractivity contribution is -0.122. The van der Waals surface area contributed by atoms with E-state index in [9.17, 15) is 9.59 Å². The topological polar surface area (TPSA) is 59.2 Å². The number of carbonyl (C=O) groups is 1. The fourth-order valence-electron chi connectivity index (χ4n) is 3.92. The molecule has 4 nitrogen and oxygen atoms in total. The van der Waals surface area contributed by atoms with Gasteiger partial charge in [0.25, 0.3) is 0 Å². The largest absolute Gasteiger partial charge is 0.486 e. The van der Waals surface area contributed by atoms with E-state index >= 15 is 0 Å². The quantitative estimate of drug-likeness (QED) is 0.606. The van der Waals surface area contributed by atoms with E-state index in [2.05, 4.69) is 18.8 Å². The Labute approximate surface area is 165 Å². The first-order chi connectivity index (χ1) is 13.4. The number of H-pyrrole nitrogens is 1. The molecule has 146 valence electrons. The first-order valence-electron chi connectivity index (χ1n) is 9.81. The van der Waals surface area contributed by atoms with Gasteiger partial charge in [0.1, 0.15) is 17.6 Å². The second kappa shape index (κ2) is 8.01. The summed E-state index contributed by atoms with van der Waals surface area (Å²) in [5.41, 5.74) is 2.27. The third-order valence-electron chi connectivity index (χ3n) is 5.80. The number of ether oxygens (including phenoxy) is 1. The third kappa shape index (κ3) is 3.72. The average Bonchev–Trinajstić information content (AvgIpc) is 2.69. The summed E-state index contributed by atoms with van der Waals surface area (Å²) in [6, 6.07) is 17.1. The summed E-state index contributed by atoms with van der Waals surface area (Å²) in [7, 11) is 0. The molecule has 1 N–H and O–H groups in total. The first-order valence-corrected chi connectivity index (χ1v) is 9.81. The molecular weight excluding hydrogens is 350 g/mol. The maximum absolute atomic E-state index is 12.4. The Balaban J connectivity index is 1.88. The Bertz CT molecular complexity index is 1050. The van der Waals surface area contributed by atoms with Crippen LogP contribution in [0, 0.1) is 0 Å². The third-order valence-corrected chi connectivity index (χ3v) is 5.80. The van der Waals surface area contributed by atoms with Gasteiger partial charge < -0.3 is 9.72 Å². The predicted octanol–water partition coefficient (Wildman–Crippen LogP) is 5.31. The molecule has 2 aromatic carbocycles. The Hall–Kier alpha value is -2.88. The summed E-state index contributed by atoms with van der Waals surface area (Å²) in [4.78, 5) is 26.6. The van der Waals surface area contributed by atoms with Crippen molar-refractivity contribution in [2.75, 3.05) is 0 Å². The Morgan fingerprint density at radius 1 is 1.07 bits per heavy atom. The summed E-state index contributed by atoms with van der Waals surface area (Å²) >= 11 is 0. The van der Waals surface area contributed by atoms with Crippen molar-refractivity contribution in [2.45, 2.75) is 52.1 Å². The lowest BCUT2D eigenvalue weighted by Gasteiger charge is -2.30. The lowest BCUT2D eigenvalue weighted by Crippen LogP contribution is -2.32. The van der Waals surface area contributed by atoms with Crippen LogP contribution in [0.4, 0.5) is 0 Å². The zero-order valence-corrected chi connectivity index (χ0v) is 16.9. The van der Waals surface area contributed by atoms with Crippen molar-refractivity contribution < 1.29 is 9.53 Å². The van der Waals surface area contributed by atoms with Gasteiger partial charge in [0, 0.05) is 11.6 Å². The van der Waals surface area contributed by atoms with Crippen LogP contribution < -0.4 is 10.3 Å². The van der Waals surface area contributed by atoms with E-state index in [1.165, 1.54) is 6.07 Å². The van der Waals surface area contributed by atoms with Gasteiger partial charge in [0.05, 0.1) is 5.41 Å². The number of fused-ring (bicyclic) bond motifs is 1. The number of Topliss-reactive ketones (excluding diaryl/α,β-unsaturated/α-hetero) is 1. The summed E-state index contributed by atoms with van der Waals surface area (Å²) in [6.45, 7) is 7.78. The highest BCUT2D eigenvalue weighted by molar-refractivity contribution is 5.88. The van der Waals surface area contributed by atoms with Crippen LogP contribution in [-0.4, -0.2) is 10.8 Å². The van der Waals surface area contributed by atoms with E-state index in [1.807, 2.05) is 55.5 Å². The average molecular weight is 377 g/mol. The van der Waals surface area contributed by atoms with Crippen LogP contribution in [0.3, 0.4) is 0 Å². The highest BCUT2D eigenvalue weighted by Crippen LogP contribution is 2.35. The molecule has 0 fully saturated rings. The number of aromatic amines is 1. The molecule has 0 radical (unpaired) electrons. The molecule has 0 saturated carbocycles. The van der Waals surface area contributed by atoms with Crippen molar-refractivity contribution in [2.24, 2.45) is 0 Å². The smallest absolute Gasteiger partial charge is 0.248 e. The molecule has 0 aliphatic rings. The fourth-order valence-corrected chi connectivity index (χ4v) is 3.92. The van der Waals surface area contributed by atoms with Crippen molar-refractivity contribution in [3.63, 3.8) is 0 Å². The normalized spacial score (nSPS) is 12.7. The van der Waals surface area contributed by atoms with E-state index in [0.717, 1.165) is 40.6 Å². The standard InChI is InChI=1S/C24H27NO3/c1-5-24(6-2,17(4)26)20-8-7-9-21(15-20)28-16(3)18-10-12-22-19(14-18)11-13-23(27)25-22/h7-16H,5-6H2,1-4H3,(H,25,27). The van der Waals surface area contributed by atoms with Crippen molar-refractivity contribution in [3.05, 3.63) is 76.1 Å². The lowest BCUT2D eigenvalue weighted by atomic mass is 9.73. The maximum atomic E-state index is 12.4. The highest BCUT2D eigenvalue weighted by atomic mass is 16.5. The molecule has 0 aliphatic heterocycles. The number of pyridine rings is 1. The van der Waals surface area contributed by atoms with Gasteiger partial charge in [0.15, 0.2) is 0 Å². The van der Waals surface area contributed by atoms with E-state index in [1.54, 1.807) is 6.92 Å². The minimum atomic E-state index is -0.461. The van der Waals surface area contributed by atoms with Crippen LogP contribution in [0.15, 0.2) is 59.4 Å². The van der Waals surface area contributed by atoms with Gasteiger partial charge in [0.2, 0.25) is 5.56 Å². The number of hydrogen-bond donors (Lipinski definition) is 1. The van der Waals surface area contributed by atoms with Crippen molar-refractivity contribution in [1.29, 1.82) is 0 Å². The van der Waals surface area contributed by atoms with E-state index in [4.69, 9.17) is 4.74 Å². The molecule has 1 aromatic heterocycles. The summed E-state index contributed by atoms with van der Waals surface area (Å²) < 4.78 is 6.19. The SMILES string of the molecule is CCC(CC)(C(C)=O)c1cccc(OC(C)c2ccc3[nH]c(=O)ccc3c2)c1. The molecule has 0 amide bonds. The highest BCUT2D eigenvalue weighted by Gasteiger charge is 2.33. The number of rotatable bonds is 7. The molecule has 0 aliphatic carbocycles. The van der Waals surface area contributed by atoms with E-state index in [0.29, 0.717) is 0 Å². The van der Waals surface area contributed by atoms with Gasteiger partial charge >= 0.3 is 0 Å². The summed E-state index contributed by atoms with van der Waals surface area (Å²) in [6.07, 6.45) is 1.36. The zero-order chi connectivity index (χ0) is 20.3. The summed E-state index contributed by atoms with van der Waals surface area (Å²) in [5, 5.41) is 0.967. The van der Waals surface area contributed by atoms with Gasteiger partial charge in [-0.15, -0.1) is 0 Å². The van der Waals surface area contributed by atoms with Gasteiger partial charge in [-0.3, -0.25) is 9.59 Å². The van der Waals surface area contributed by atoms with Crippen molar-refractivity contribution in [3.8, 4) is 5.75 Å². The maximum Gasteiger partial charge on any atom is 0.248 e. The number of carbonyl (C=O) groups excluding carboxylic acids is 1. The Morgan fingerprint density at radius 3 is 2.50 bits per heavy atom. The second-order valence-electron chi connectivity index (χ2n) is 7.30. The molecule has 0 spiro atoms. The van der Waals surface area contributed by atoms with Crippen LogP contribution in [-0.2, 0) is 10.2 Å². The van der Waals surface area contributed by atoms with Crippen molar-refractivity contribution in [1.82, 2.24) is 4.98 Å². The number of hydrogen-bond acceptors (Lipinski definition) is 3. The zero-order valence-electron chi connectivity index (χ0n) is 16.9. The minimum Gasteiger partial charge on any atom is -0.486 e. The number of benzene rings is 2. The molecule has 3 rings (SSSR count). The van der Waals surface area contributed by atoms with Crippen LogP contribution in [0.25, 0.3) is 10.9 Å². The van der Waals surface area contributed by atoms with E-state index < -0.39 is 5.41 Å². The fraction of sp³-hybridized carbons (Fsp3) is 0.333. The van der Waals surface area contributed by atoms with Crippen LogP contribution in [0.2, 0.25) is 0 Å². The van der Waals surface area contributed by atoms with Crippen LogP contribution >= 0.6 is 0 Å².